The first kappa shape index (κ1) is 22.0. The Bertz CT molecular complexity index is 639. The lowest BCUT2D eigenvalue weighted by Gasteiger charge is -2.35. The lowest BCUT2D eigenvalue weighted by molar-refractivity contribution is -0.114. The predicted octanol–water partition coefficient (Wildman–Crippen LogP) is 2.45. The van der Waals surface area contributed by atoms with E-state index < -0.39 is 0 Å². The van der Waals surface area contributed by atoms with Gasteiger partial charge in [-0.2, -0.15) is 0 Å². The average Bonchev–Trinajstić information content (AvgIpc) is 2.65. The zero-order valence-corrected chi connectivity index (χ0v) is 17.6. The molecule has 0 aliphatic carbocycles. The standard InChI is InChI=1S/C21H35N5O2/c1-5-22-21(25-18-9-12-26(13-10-18)16(2)3)23-11-14-28-20-8-6-7-19(15-20)24-17(4)27/h6-8,15-16,18H,5,9-14H2,1-4H3,(H,24,27)(H2,22,23,25). The van der Waals surface area contributed by atoms with Crippen molar-refractivity contribution >= 4 is 17.6 Å². The molecule has 0 unspecified atom stereocenters. The largest absolute Gasteiger partial charge is 0.492 e. The van der Waals surface area contributed by atoms with Crippen LogP contribution in [0, 0.1) is 0 Å². The molecule has 156 valence electrons. The van der Waals surface area contributed by atoms with E-state index in [1.165, 1.54) is 6.92 Å². The molecule has 0 saturated carbocycles. The molecule has 0 aromatic heterocycles. The minimum Gasteiger partial charge on any atom is -0.492 e. The maximum absolute atomic E-state index is 11.1. The first-order chi connectivity index (χ1) is 13.5. The smallest absolute Gasteiger partial charge is 0.221 e. The zero-order chi connectivity index (χ0) is 20.4. The van der Waals surface area contributed by atoms with E-state index in [-0.39, 0.29) is 5.91 Å². The Morgan fingerprint density at radius 1 is 1.32 bits per heavy atom. The number of hydrogen-bond donors (Lipinski definition) is 3. The Labute approximate surface area is 168 Å². The third kappa shape index (κ3) is 7.76. The Kier molecular flexibility index (Phi) is 9.07. The number of nitrogens with one attached hydrogen (secondary N) is 3. The Hall–Kier alpha value is -2.28. The number of ether oxygens (including phenoxy) is 1. The lowest BCUT2D eigenvalue weighted by Crippen LogP contribution is -2.50. The van der Waals surface area contributed by atoms with Crippen LogP contribution in [0.5, 0.6) is 5.75 Å². The van der Waals surface area contributed by atoms with E-state index in [4.69, 9.17) is 4.74 Å². The van der Waals surface area contributed by atoms with Crippen molar-refractivity contribution in [2.75, 3.05) is 38.1 Å². The number of benzene rings is 1. The summed E-state index contributed by atoms with van der Waals surface area (Å²) in [6.07, 6.45) is 2.27. The van der Waals surface area contributed by atoms with Crippen LogP contribution in [0.15, 0.2) is 29.3 Å². The second kappa shape index (κ2) is 11.5. The summed E-state index contributed by atoms with van der Waals surface area (Å²) in [5, 5.41) is 9.63. The summed E-state index contributed by atoms with van der Waals surface area (Å²) in [5.41, 5.74) is 0.733. The molecule has 2 rings (SSSR count). The van der Waals surface area contributed by atoms with Crippen LogP contribution in [0.1, 0.15) is 40.5 Å². The highest BCUT2D eigenvalue weighted by Gasteiger charge is 2.21. The summed E-state index contributed by atoms with van der Waals surface area (Å²) in [4.78, 5) is 18.3. The third-order valence-electron chi connectivity index (χ3n) is 4.73. The van der Waals surface area contributed by atoms with Crippen LogP contribution in [-0.4, -0.2) is 61.6 Å². The molecular formula is C21H35N5O2. The fraction of sp³-hybridized carbons (Fsp3) is 0.619. The van der Waals surface area contributed by atoms with Gasteiger partial charge in [-0.1, -0.05) is 6.07 Å². The predicted molar refractivity (Wildman–Crippen MR) is 115 cm³/mol. The number of rotatable bonds is 8. The molecule has 1 aliphatic rings. The highest BCUT2D eigenvalue weighted by Crippen LogP contribution is 2.17. The summed E-state index contributed by atoms with van der Waals surface area (Å²) >= 11 is 0. The number of amides is 1. The fourth-order valence-corrected chi connectivity index (χ4v) is 3.26. The SMILES string of the molecule is CCNC(=NCCOc1cccc(NC(C)=O)c1)NC1CCN(C(C)C)CC1. The van der Waals surface area contributed by atoms with Gasteiger partial charge in [0.15, 0.2) is 5.96 Å². The molecular weight excluding hydrogens is 354 g/mol. The van der Waals surface area contributed by atoms with E-state index in [9.17, 15) is 4.79 Å². The topological polar surface area (TPSA) is 78.0 Å². The van der Waals surface area contributed by atoms with Crippen LogP contribution in [0.4, 0.5) is 5.69 Å². The molecule has 1 heterocycles. The van der Waals surface area contributed by atoms with Gasteiger partial charge in [-0.15, -0.1) is 0 Å². The van der Waals surface area contributed by atoms with Crippen molar-refractivity contribution in [3.05, 3.63) is 24.3 Å². The average molecular weight is 390 g/mol. The van der Waals surface area contributed by atoms with Gasteiger partial charge >= 0.3 is 0 Å². The van der Waals surface area contributed by atoms with Crippen molar-refractivity contribution < 1.29 is 9.53 Å². The highest BCUT2D eigenvalue weighted by atomic mass is 16.5. The third-order valence-corrected chi connectivity index (χ3v) is 4.73. The van der Waals surface area contributed by atoms with Crippen LogP contribution in [-0.2, 0) is 4.79 Å². The molecule has 0 atom stereocenters. The van der Waals surface area contributed by atoms with Crippen LogP contribution < -0.4 is 20.7 Å². The van der Waals surface area contributed by atoms with Gasteiger partial charge in [-0.05, 0) is 45.7 Å². The maximum atomic E-state index is 11.1. The van der Waals surface area contributed by atoms with Gasteiger partial charge in [0.25, 0.3) is 0 Å². The first-order valence-electron chi connectivity index (χ1n) is 10.3. The minimum absolute atomic E-state index is 0.0951. The monoisotopic (exact) mass is 389 g/mol. The molecule has 0 spiro atoms. The van der Waals surface area contributed by atoms with Gasteiger partial charge < -0.3 is 25.6 Å². The van der Waals surface area contributed by atoms with Crippen LogP contribution >= 0.6 is 0 Å². The maximum Gasteiger partial charge on any atom is 0.221 e. The number of likely N-dealkylation sites (tertiary alicyclic amines) is 1. The number of anilines is 1. The van der Waals surface area contributed by atoms with Gasteiger partial charge in [0, 0.05) is 50.4 Å². The van der Waals surface area contributed by atoms with Crippen molar-refractivity contribution in [3.8, 4) is 5.75 Å². The number of guanidine groups is 1. The molecule has 1 fully saturated rings. The molecule has 1 aliphatic heterocycles. The number of carbonyl (C=O) groups excluding carboxylic acids is 1. The zero-order valence-electron chi connectivity index (χ0n) is 17.6. The molecule has 28 heavy (non-hydrogen) atoms. The number of aliphatic imine (C=N–C) groups is 1. The van der Waals surface area contributed by atoms with Gasteiger partial charge in [-0.25, -0.2) is 4.99 Å². The molecule has 7 nitrogen and oxygen atoms in total. The molecule has 1 aromatic rings. The second-order valence-electron chi connectivity index (χ2n) is 7.37. The van der Waals surface area contributed by atoms with E-state index in [2.05, 4.69) is 46.6 Å². The molecule has 1 amide bonds. The van der Waals surface area contributed by atoms with Crippen molar-refractivity contribution in [1.82, 2.24) is 15.5 Å². The van der Waals surface area contributed by atoms with E-state index in [0.717, 1.165) is 49.9 Å². The van der Waals surface area contributed by atoms with Crippen LogP contribution in [0.3, 0.4) is 0 Å². The normalized spacial score (nSPS) is 16.1. The van der Waals surface area contributed by atoms with Gasteiger partial charge in [0.2, 0.25) is 5.91 Å². The molecule has 0 bridgehead atoms. The lowest BCUT2D eigenvalue weighted by atomic mass is 10.0. The molecule has 0 radical (unpaired) electrons. The first-order valence-corrected chi connectivity index (χ1v) is 10.3. The molecule has 1 saturated heterocycles. The summed E-state index contributed by atoms with van der Waals surface area (Å²) in [5.74, 6) is 1.48. The number of carbonyl (C=O) groups is 1. The van der Waals surface area contributed by atoms with Crippen LogP contribution in [0.25, 0.3) is 0 Å². The Balaban J connectivity index is 1.79. The van der Waals surface area contributed by atoms with Gasteiger partial charge in [-0.3, -0.25) is 4.79 Å². The van der Waals surface area contributed by atoms with Gasteiger partial charge in [0.1, 0.15) is 12.4 Å². The minimum atomic E-state index is -0.0951. The van der Waals surface area contributed by atoms with Crippen molar-refractivity contribution in [1.29, 1.82) is 0 Å². The number of nitrogens with zero attached hydrogens (tertiary/aromatic N) is 2. The van der Waals surface area contributed by atoms with Crippen molar-refractivity contribution in [2.45, 2.75) is 52.6 Å². The van der Waals surface area contributed by atoms with Gasteiger partial charge in [0.05, 0.1) is 6.54 Å². The second-order valence-corrected chi connectivity index (χ2v) is 7.37. The number of hydrogen-bond acceptors (Lipinski definition) is 4. The summed E-state index contributed by atoms with van der Waals surface area (Å²) in [6.45, 7) is 12.2. The highest BCUT2D eigenvalue weighted by molar-refractivity contribution is 5.88. The van der Waals surface area contributed by atoms with E-state index in [0.29, 0.717) is 25.2 Å². The Morgan fingerprint density at radius 3 is 2.71 bits per heavy atom. The Morgan fingerprint density at radius 2 is 2.07 bits per heavy atom. The summed E-state index contributed by atoms with van der Waals surface area (Å²) in [7, 11) is 0. The van der Waals surface area contributed by atoms with Crippen molar-refractivity contribution in [2.24, 2.45) is 4.99 Å². The number of piperidine rings is 1. The quantitative estimate of drug-likeness (QED) is 0.362. The van der Waals surface area contributed by atoms with E-state index in [1.807, 2.05) is 24.3 Å². The molecule has 1 aromatic carbocycles. The van der Waals surface area contributed by atoms with Crippen molar-refractivity contribution in [3.63, 3.8) is 0 Å². The van der Waals surface area contributed by atoms with E-state index in [1.54, 1.807) is 0 Å². The van der Waals surface area contributed by atoms with E-state index >= 15 is 0 Å². The summed E-state index contributed by atoms with van der Waals surface area (Å²) < 4.78 is 5.77. The molecule has 3 N–H and O–H groups in total. The summed E-state index contributed by atoms with van der Waals surface area (Å²) in [6, 6.07) is 8.47. The van der Waals surface area contributed by atoms with Crippen LogP contribution in [0.2, 0.25) is 0 Å². The fourth-order valence-electron chi connectivity index (χ4n) is 3.26. The molecule has 7 heteroatoms.